The van der Waals surface area contributed by atoms with Crippen molar-refractivity contribution in [2.75, 3.05) is 11.2 Å². The molecule has 3 aromatic rings. The Bertz CT molecular complexity index is 1020. The minimum absolute atomic E-state index is 0.0425. The van der Waals surface area contributed by atoms with Gasteiger partial charge in [0.15, 0.2) is 11.9 Å². The maximum absolute atomic E-state index is 12.9. The van der Waals surface area contributed by atoms with Gasteiger partial charge in [-0.1, -0.05) is 43.0 Å². The standard InChI is InChI=1S/C20H18N4O2S2/c1-3-16(25)24-15-9-5-4-8-14(15)18-19(21-20(27-2)23-22-18)26-17(24)11-10-13-7-6-12-28-13/h4-12,17H,3H2,1-2H3/b11-10+/t17-/m1/s1. The number of fused-ring (bicyclic) bond motifs is 3. The molecule has 0 radical (unpaired) electrons. The highest BCUT2D eigenvalue weighted by Crippen LogP contribution is 2.39. The number of nitrogens with zero attached hydrogens (tertiary/aromatic N) is 4. The lowest BCUT2D eigenvalue weighted by Crippen LogP contribution is -2.42. The predicted octanol–water partition coefficient (Wildman–Crippen LogP) is 4.50. The lowest BCUT2D eigenvalue weighted by atomic mass is 10.1. The van der Waals surface area contributed by atoms with Gasteiger partial charge in [-0.15, -0.1) is 21.5 Å². The highest BCUT2D eigenvalue weighted by molar-refractivity contribution is 7.98. The highest BCUT2D eigenvalue weighted by atomic mass is 32.2. The number of thioether (sulfide) groups is 1. The largest absolute Gasteiger partial charge is 0.448 e. The Balaban J connectivity index is 1.88. The molecular weight excluding hydrogens is 392 g/mol. The van der Waals surface area contributed by atoms with E-state index in [-0.39, 0.29) is 5.91 Å². The van der Waals surface area contributed by atoms with Crippen LogP contribution in [0.25, 0.3) is 17.3 Å². The van der Waals surface area contributed by atoms with Crippen LogP contribution in [0.3, 0.4) is 0 Å². The number of thiophene rings is 1. The van der Waals surface area contributed by atoms with E-state index in [0.717, 1.165) is 16.1 Å². The fourth-order valence-electron chi connectivity index (χ4n) is 2.96. The molecule has 0 saturated carbocycles. The molecule has 0 N–H and O–H groups in total. The smallest absolute Gasteiger partial charge is 0.247 e. The normalized spacial score (nSPS) is 15.6. The van der Waals surface area contributed by atoms with Crippen molar-refractivity contribution < 1.29 is 9.53 Å². The molecule has 1 aliphatic heterocycles. The highest BCUT2D eigenvalue weighted by Gasteiger charge is 2.32. The van der Waals surface area contributed by atoms with Gasteiger partial charge >= 0.3 is 0 Å². The van der Waals surface area contributed by atoms with Gasteiger partial charge in [-0.2, -0.15) is 4.98 Å². The fourth-order valence-corrected chi connectivity index (χ4v) is 3.88. The molecule has 0 fully saturated rings. The molecule has 1 amide bonds. The number of amides is 1. The second-order valence-corrected chi connectivity index (χ2v) is 7.72. The molecule has 4 rings (SSSR count). The Morgan fingerprint density at radius 1 is 1.29 bits per heavy atom. The number of ether oxygens (including phenoxy) is 1. The molecule has 0 bridgehead atoms. The summed E-state index contributed by atoms with van der Waals surface area (Å²) in [5, 5.41) is 11.0. The number of anilines is 1. The van der Waals surface area contributed by atoms with Gasteiger partial charge in [0.25, 0.3) is 0 Å². The van der Waals surface area contributed by atoms with Crippen LogP contribution in [0.1, 0.15) is 18.2 Å². The van der Waals surface area contributed by atoms with Crippen LogP contribution in [0.2, 0.25) is 0 Å². The van der Waals surface area contributed by atoms with Crippen molar-refractivity contribution in [2.24, 2.45) is 0 Å². The van der Waals surface area contributed by atoms with Gasteiger partial charge in [0.2, 0.25) is 16.9 Å². The summed E-state index contributed by atoms with van der Waals surface area (Å²) in [7, 11) is 0. The van der Waals surface area contributed by atoms with Gasteiger partial charge in [0.1, 0.15) is 0 Å². The lowest BCUT2D eigenvalue weighted by Gasteiger charge is -2.28. The zero-order chi connectivity index (χ0) is 19.5. The van der Waals surface area contributed by atoms with Crippen LogP contribution in [-0.2, 0) is 4.79 Å². The molecule has 0 unspecified atom stereocenters. The van der Waals surface area contributed by atoms with Gasteiger partial charge in [0, 0.05) is 16.9 Å². The van der Waals surface area contributed by atoms with Crippen molar-refractivity contribution in [3.63, 3.8) is 0 Å². The summed E-state index contributed by atoms with van der Waals surface area (Å²) in [5.41, 5.74) is 2.05. The Hall–Kier alpha value is -2.71. The van der Waals surface area contributed by atoms with Crippen LogP contribution in [0.4, 0.5) is 5.69 Å². The molecule has 3 heterocycles. The molecular formula is C20H18N4O2S2. The molecule has 0 aliphatic carbocycles. The van der Waals surface area contributed by atoms with Gasteiger partial charge in [-0.05, 0) is 35.9 Å². The van der Waals surface area contributed by atoms with E-state index in [1.807, 2.05) is 67.1 Å². The summed E-state index contributed by atoms with van der Waals surface area (Å²) >= 11 is 3.01. The third kappa shape index (κ3) is 3.53. The van der Waals surface area contributed by atoms with E-state index in [9.17, 15) is 4.79 Å². The predicted molar refractivity (Wildman–Crippen MR) is 113 cm³/mol. The first-order valence-electron chi connectivity index (χ1n) is 8.79. The second kappa shape index (κ2) is 8.12. The Morgan fingerprint density at radius 2 is 2.14 bits per heavy atom. The van der Waals surface area contributed by atoms with Crippen molar-refractivity contribution >= 4 is 40.8 Å². The van der Waals surface area contributed by atoms with Gasteiger partial charge in [-0.3, -0.25) is 9.69 Å². The molecule has 6 nitrogen and oxygen atoms in total. The summed E-state index contributed by atoms with van der Waals surface area (Å²) in [5.74, 6) is 0.332. The zero-order valence-corrected chi connectivity index (χ0v) is 17.0. The maximum Gasteiger partial charge on any atom is 0.247 e. The second-order valence-electron chi connectivity index (χ2n) is 5.97. The Kier molecular flexibility index (Phi) is 5.40. The van der Waals surface area contributed by atoms with Crippen LogP contribution >= 0.6 is 23.1 Å². The summed E-state index contributed by atoms with van der Waals surface area (Å²) in [6.45, 7) is 1.84. The molecule has 1 aliphatic rings. The Labute approximate surface area is 171 Å². The monoisotopic (exact) mass is 410 g/mol. The first-order chi connectivity index (χ1) is 13.7. The summed E-state index contributed by atoms with van der Waals surface area (Å²) in [4.78, 5) is 20.1. The number of hydrogen-bond acceptors (Lipinski definition) is 7. The molecule has 1 atom stereocenters. The molecule has 2 aromatic heterocycles. The van der Waals surface area contributed by atoms with Gasteiger partial charge in [-0.25, -0.2) is 0 Å². The number of aromatic nitrogens is 3. The maximum atomic E-state index is 12.9. The lowest BCUT2D eigenvalue weighted by molar-refractivity contribution is -0.119. The number of rotatable bonds is 4. The number of para-hydroxylation sites is 1. The summed E-state index contributed by atoms with van der Waals surface area (Å²) in [6, 6.07) is 11.6. The third-order valence-electron chi connectivity index (χ3n) is 4.26. The van der Waals surface area contributed by atoms with Crippen LogP contribution in [0.5, 0.6) is 5.88 Å². The van der Waals surface area contributed by atoms with Crippen molar-refractivity contribution in [3.05, 3.63) is 52.7 Å². The average Bonchev–Trinajstić information content (AvgIpc) is 3.21. The number of hydrogen-bond donors (Lipinski definition) is 0. The van der Waals surface area contributed by atoms with Crippen LogP contribution in [0, 0.1) is 0 Å². The summed E-state index contributed by atoms with van der Waals surface area (Å²) < 4.78 is 6.21. The van der Waals surface area contributed by atoms with Crippen LogP contribution in [-0.4, -0.2) is 33.6 Å². The first kappa shape index (κ1) is 18.6. The van der Waals surface area contributed by atoms with Gasteiger partial charge < -0.3 is 4.74 Å². The SMILES string of the molecule is CCC(=O)N1c2ccccc2-c2nnc(SC)nc2O[C@@H]1/C=C/c1cccs1. The minimum Gasteiger partial charge on any atom is -0.448 e. The Morgan fingerprint density at radius 3 is 2.89 bits per heavy atom. The molecule has 1 aromatic carbocycles. The topological polar surface area (TPSA) is 68.2 Å². The molecule has 142 valence electrons. The zero-order valence-electron chi connectivity index (χ0n) is 15.4. The van der Waals surface area contributed by atoms with E-state index in [1.54, 1.807) is 16.2 Å². The van der Waals surface area contributed by atoms with E-state index >= 15 is 0 Å². The molecule has 0 saturated heterocycles. The van der Waals surface area contributed by atoms with Crippen LogP contribution in [0.15, 0.2) is 53.0 Å². The van der Waals surface area contributed by atoms with Crippen molar-refractivity contribution in [1.82, 2.24) is 15.2 Å². The average molecular weight is 411 g/mol. The first-order valence-corrected chi connectivity index (χ1v) is 10.9. The van der Waals surface area contributed by atoms with E-state index < -0.39 is 6.23 Å². The quantitative estimate of drug-likeness (QED) is 0.590. The van der Waals surface area contributed by atoms with Crippen LogP contribution < -0.4 is 9.64 Å². The summed E-state index contributed by atoms with van der Waals surface area (Å²) in [6.07, 6.45) is 5.44. The van der Waals surface area contributed by atoms with Gasteiger partial charge in [0.05, 0.1) is 5.69 Å². The van der Waals surface area contributed by atoms with E-state index in [0.29, 0.717) is 23.2 Å². The third-order valence-corrected chi connectivity index (χ3v) is 5.64. The number of benzene rings is 1. The van der Waals surface area contributed by atoms with E-state index in [4.69, 9.17) is 4.74 Å². The minimum atomic E-state index is -0.636. The van der Waals surface area contributed by atoms with E-state index in [1.165, 1.54) is 11.8 Å². The molecule has 0 spiro atoms. The molecule has 28 heavy (non-hydrogen) atoms. The fraction of sp³-hybridized carbons (Fsp3) is 0.200. The van der Waals surface area contributed by atoms with E-state index in [2.05, 4.69) is 15.2 Å². The molecule has 8 heteroatoms. The van der Waals surface area contributed by atoms with Crippen molar-refractivity contribution in [3.8, 4) is 17.1 Å². The van der Waals surface area contributed by atoms with Crippen molar-refractivity contribution in [1.29, 1.82) is 0 Å². The number of carbonyl (C=O) groups is 1. The van der Waals surface area contributed by atoms with Crippen molar-refractivity contribution in [2.45, 2.75) is 24.7 Å². The number of carbonyl (C=O) groups excluding carboxylic acids is 1.